The molecule has 4 nitrogen and oxygen atoms in total. The lowest BCUT2D eigenvalue weighted by Crippen LogP contribution is -2.33. The molecule has 0 radical (unpaired) electrons. The molecule has 19 heavy (non-hydrogen) atoms. The van der Waals surface area contributed by atoms with Crippen LogP contribution in [0.15, 0.2) is 24.3 Å². The van der Waals surface area contributed by atoms with Crippen molar-refractivity contribution in [2.24, 2.45) is 5.92 Å². The molecule has 0 N–H and O–H groups in total. The van der Waals surface area contributed by atoms with Crippen molar-refractivity contribution in [3.8, 4) is 0 Å². The van der Waals surface area contributed by atoms with Crippen molar-refractivity contribution in [3.05, 3.63) is 29.8 Å². The van der Waals surface area contributed by atoms with Gasteiger partial charge in [0, 0.05) is 30.5 Å². The third kappa shape index (κ3) is 2.62. The molecule has 1 aromatic rings. The number of carbonyl (C=O) groups excluding carboxylic acids is 2. The number of hydrogen-bond donors (Lipinski definition) is 0. The third-order valence-corrected chi connectivity index (χ3v) is 3.83. The molecule has 0 aromatic heterocycles. The number of benzene rings is 1. The van der Waals surface area contributed by atoms with Crippen LogP contribution in [0.25, 0.3) is 0 Å². The van der Waals surface area contributed by atoms with Gasteiger partial charge in [-0.1, -0.05) is 32.0 Å². The fourth-order valence-corrected chi connectivity index (χ4v) is 2.47. The summed E-state index contributed by atoms with van der Waals surface area (Å²) < 4.78 is 0. The van der Waals surface area contributed by atoms with Crippen LogP contribution < -0.4 is 10.0 Å². The van der Waals surface area contributed by atoms with Gasteiger partial charge in [-0.05, 0) is 24.0 Å². The highest BCUT2D eigenvalue weighted by atomic mass is 16.4. The van der Waals surface area contributed by atoms with Gasteiger partial charge in [0.25, 0.3) is 0 Å². The van der Waals surface area contributed by atoms with Crippen LogP contribution in [-0.4, -0.2) is 18.4 Å². The van der Waals surface area contributed by atoms with E-state index in [4.69, 9.17) is 0 Å². The molecule has 0 spiro atoms. The Kier molecular flexibility index (Phi) is 3.88. The van der Waals surface area contributed by atoms with Gasteiger partial charge in [0.05, 0.1) is 0 Å². The molecule has 102 valence electrons. The average Bonchev–Trinajstić information content (AvgIpc) is 2.80. The van der Waals surface area contributed by atoms with Gasteiger partial charge in [-0.2, -0.15) is 0 Å². The van der Waals surface area contributed by atoms with Crippen LogP contribution in [0.3, 0.4) is 0 Å². The molecule has 0 unspecified atom stereocenters. The van der Waals surface area contributed by atoms with E-state index < -0.39 is 11.9 Å². The van der Waals surface area contributed by atoms with Crippen LogP contribution in [-0.2, 0) is 9.59 Å². The van der Waals surface area contributed by atoms with Crippen molar-refractivity contribution in [1.29, 1.82) is 0 Å². The van der Waals surface area contributed by atoms with Gasteiger partial charge in [-0.15, -0.1) is 0 Å². The van der Waals surface area contributed by atoms with E-state index in [1.807, 2.05) is 24.3 Å². The lowest BCUT2D eigenvalue weighted by Gasteiger charge is -2.23. The molecule has 2 rings (SSSR count). The highest BCUT2D eigenvalue weighted by Gasteiger charge is 2.32. The summed E-state index contributed by atoms with van der Waals surface area (Å²) in [5.41, 5.74) is 1.93. The molecule has 1 heterocycles. The molecule has 0 saturated carbocycles. The lowest BCUT2D eigenvalue weighted by molar-refractivity contribution is -0.310. The second kappa shape index (κ2) is 5.43. The molecule has 1 amide bonds. The predicted octanol–water partition coefficient (Wildman–Crippen LogP) is 1.30. The van der Waals surface area contributed by atoms with E-state index in [2.05, 4.69) is 13.8 Å². The minimum atomic E-state index is -1.14. The monoisotopic (exact) mass is 260 g/mol. The van der Waals surface area contributed by atoms with Gasteiger partial charge in [0.15, 0.2) is 0 Å². The molecule has 0 bridgehead atoms. The minimum Gasteiger partial charge on any atom is -0.550 e. The maximum Gasteiger partial charge on any atom is 0.227 e. The first-order chi connectivity index (χ1) is 9.04. The molecular weight excluding hydrogens is 242 g/mol. The smallest absolute Gasteiger partial charge is 0.227 e. The topological polar surface area (TPSA) is 60.4 Å². The molecular formula is C15H18NO3-. The summed E-state index contributed by atoms with van der Waals surface area (Å²) in [5, 5.41) is 10.9. The summed E-state index contributed by atoms with van der Waals surface area (Å²) in [7, 11) is 0. The Bertz CT molecular complexity index is 498. The Balaban J connectivity index is 2.32. The van der Waals surface area contributed by atoms with E-state index in [-0.39, 0.29) is 18.9 Å². The maximum absolute atomic E-state index is 12.0. The number of rotatable bonds is 4. The highest BCUT2D eigenvalue weighted by Crippen LogP contribution is 2.33. The summed E-state index contributed by atoms with van der Waals surface area (Å²) in [5.74, 6) is -1.63. The number of carboxylic acid groups (broad SMARTS) is 1. The van der Waals surface area contributed by atoms with E-state index in [1.54, 1.807) is 4.90 Å². The summed E-state index contributed by atoms with van der Waals surface area (Å²) in [6, 6.07) is 7.71. The molecule has 1 aromatic carbocycles. The van der Waals surface area contributed by atoms with E-state index in [0.717, 1.165) is 17.7 Å². The van der Waals surface area contributed by atoms with Gasteiger partial charge >= 0.3 is 0 Å². The highest BCUT2D eigenvalue weighted by molar-refractivity contribution is 5.99. The number of hydrogen-bond acceptors (Lipinski definition) is 3. The number of carboxylic acids is 1. The van der Waals surface area contributed by atoms with E-state index in [0.29, 0.717) is 5.92 Å². The van der Waals surface area contributed by atoms with Crippen molar-refractivity contribution in [2.45, 2.75) is 32.6 Å². The fourth-order valence-electron chi connectivity index (χ4n) is 2.47. The first kappa shape index (κ1) is 13.6. The largest absolute Gasteiger partial charge is 0.550 e. The molecule has 1 aliphatic heterocycles. The molecule has 0 aliphatic carbocycles. The van der Waals surface area contributed by atoms with E-state index in [9.17, 15) is 14.7 Å². The molecule has 2 atom stereocenters. The molecule has 1 aliphatic rings. The number of para-hydroxylation sites is 1. The summed E-state index contributed by atoms with van der Waals surface area (Å²) in [6.07, 6.45) is 1.01. The van der Waals surface area contributed by atoms with Gasteiger partial charge < -0.3 is 14.8 Å². The molecule has 4 heteroatoms. The fraction of sp³-hybridized carbons (Fsp3) is 0.467. The van der Waals surface area contributed by atoms with Crippen LogP contribution >= 0.6 is 0 Å². The normalized spacial score (nSPS) is 20.6. The number of nitrogens with zero attached hydrogens (tertiary/aromatic N) is 1. The Labute approximate surface area is 113 Å². The summed E-state index contributed by atoms with van der Waals surface area (Å²) in [4.78, 5) is 24.5. The summed E-state index contributed by atoms with van der Waals surface area (Å²) in [6.45, 7) is 4.42. The quantitative estimate of drug-likeness (QED) is 0.820. The van der Waals surface area contributed by atoms with E-state index in [1.165, 1.54) is 0 Å². The second-order valence-corrected chi connectivity index (χ2v) is 5.09. The van der Waals surface area contributed by atoms with Crippen molar-refractivity contribution in [3.63, 3.8) is 0 Å². The zero-order valence-electron chi connectivity index (χ0n) is 11.3. The number of carbonyl (C=O) groups is 2. The van der Waals surface area contributed by atoms with Crippen LogP contribution in [0.5, 0.6) is 0 Å². The number of anilines is 1. The average molecular weight is 260 g/mol. The van der Waals surface area contributed by atoms with Gasteiger partial charge in [0.1, 0.15) is 0 Å². The second-order valence-electron chi connectivity index (χ2n) is 5.09. The van der Waals surface area contributed by atoms with Crippen LogP contribution in [0.2, 0.25) is 0 Å². The Morgan fingerprint density at radius 3 is 2.74 bits per heavy atom. The third-order valence-electron chi connectivity index (χ3n) is 3.83. The Morgan fingerprint density at radius 1 is 1.47 bits per heavy atom. The van der Waals surface area contributed by atoms with Crippen molar-refractivity contribution >= 4 is 17.6 Å². The molecule has 1 fully saturated rings. The Morgan fingerprint density at radius 2 is 2.16 bits per heavy atom. The van der Waals surface area contributed by atoms with Crippen molar-refractivity contribution in [2.75, 3.05) is 11.4 Å². The number of amides is 1. The minimum absolute atomic E-state index is 0.0389. The van der Waals surface area contributed by atoms with Crippen LogP contribution in [0.4, 0.5) is 5.69 Å². The van der Waals surface area contributed by atoms with Crippen molar-refractivity contribution in [1.82, 2.24) is 0 Å². The van der Waals surface area contributed by atoms with Crippen molar-refractivity contribution < 1.29 is 14.7 Å². The van der Waals surface area contributed by atoms with Gasteiger partial charge in [0.2, 0.25) is 5.91 Å². The predicted molar refractivity (Wildman–Crippen MR) is 70.6 cm³/mol. The zero-order valence-corrected chi connectivity index (χ0v) is 11.3. The maximum atomic E-state index is 12.0. The zero-order chi connectivity index (χ0) is 14.0. The van der Waals surface area contributed by atoms with Gasteiger partial charge in [-0.3, -0.25) is 4.79 Å². The SMILES string of the molecule is CC[C@H](C)c1ccccc1N1C[C@H](C(=O)[O-])CC1=O. The van der Waals surface area contributed by atoms with Crippen LogP contribution in [0, 0.1) is 5.92 Å². The molecule has 1 saturated heterocycles. The first-order valence-corrected chi connectivity index (χ1v) is 6.64. The van der Waals surface area contributed by atoms with E-state index >= 15 is 0 Å². The lowest BCUT2D eigenvalue weighted by atomic mass is 9.96. The van der Waals surface area contributed by atoms with Gasteiger partial charge in [-0.25, -0.2) is 0 Å². The Hall–Kier alpha value is -1.84. The summed E-state index contributed by atoms with van der Waals surface area (Å²) >= 11 is 0. The van der Waals surface area contributed by atoms with Crippen LogP contribution in [0.1, 0.15) is 38.2 Å². The first-order valence-electron chi connectivity index (χ1n) is 6.64. The standard InChI is InChI=1S/C15H19NO3/c1-3-10(2)12-6-4-5-7-13(12)16-9-11(15(18)19)8-14(16)17/h4-7,10-11H,3,8-9H2,1-2H3,(H,18,19)/p-1/t10-,11+/m0/s1. The number of aliphatic carboxylic acids is 1.